The smallest absolute Gasteiger partial charge is 0.269 e. The molecule has 0 atom stereocenters. The van der Waals surface area contributed by atoms with Gasteiger partial charge in [0.1, 0.15) is 5.00 Å². The van der Waals surface area contributed by atoms with Crippen molar-refractivity contribution in [1.82, 2.24) is 10.3 Å². The summed E-state index contributed by atoms with van der Waals surface area (Å²) in [7, 11) is 0. The van der Waals surface area contributed by atoms with Crippen LogP contribution in [0.2, 0.25) is 0 Å². The third kappa shape index (κ3) is 8.11. The van der Waals surface area contributed by atoms with Crippen molar-refractivity contribution >= 4 is 35.5 Å². The molecule has 0 aliphatic heterocycles. The van der Waals surface area contributed by atoms with Crippen LogP contribution < -0.4 is 5.32 Å². The van der Waals surface area contributed by atoms with E-state index in [1.54, 1.807) is 23.5 Å². The summed E-state index contributed by atoms with van der Waals surface area (Å²) in [6, 6.07) is 21.1. The zero-order valence-electron chi connectivity index (χ0n) is 20.4. The van der Waals surface area contributed by atoms with Crippen LogP contribution >= 0.6 is 11.3 Å². The number of nitrogens with one attached hydrogen (secondary N) is 2. The molecule has 4 rings (SSSR count). The molecule has 0 saturated heterocycles. The molecule has 7 nitrogen and oxygen atoms in total. The second-order valence-electron chi connectivity index (χ2n) is 8.20. The van der Waals surface area contributed by atoms with E-state index in [0.717, 1.165) is 47.8 Å². The van der Waals surface area contributed by atoms with Crippen molar-refractivity contribution in [2.45, 2.75) is 32.9 Å². The van der Waals surface area contributed by atoms with Gasteiger partial charge in [-0.15, -0.1) is 11.3 Å². The van der Waals surface area contributed by atoms with Gasteiger partial charge < -0.3 is 10.3 Å². The first-order valence-electron chi connectivity index (χ1n) is 11.7. The molecule has 0 unspecified atom stereocenters. The number of aromatic nitrogens is 1. The lowest BCUT2D eigenvalue weighted by Gasteiger charge is -2.06. The zero-order chi connectivity index (χ0) is 25.8. The molecule has 0 radical (unpaired) electrons. The number of nitro groups is 1. The van der Waals surface area contributed by atoms with E-state index in [2.05, 4.69) is 71.0 Å². The molecule has 4 aromatic rings. The highest BCUT2D eigenvalue weighted by atomic mass is 32.1. The number of aromatic amines is 1. The molecule has 0 fully saturated rings. The van der Waals surface area contributed by atoms with Crippen LogP contribution in [0.25, 0.3) is 11.1 Å². The number of hydrogen-bond acceptors (Lipinski definition) is 6. The molecule has 0 saturated carbocycles. The number of rotatable bonds is 11. The predicted molar refractivity (Wildman–Crippen MR) is 151 cm³/mol. The summed E-state index contributed by atoms with van der Waals surface area (Å²) in [5.41, 5.74) is 5.77. The number of non-ortho nitro benzene ring substituents is 1. The monoisotopic (exact) mass is 501 g/mol. The Balaban J connectivity index is 0.000000383. The quantitative estimate of drug-likeness (QED) is 0.101. The largest absolute Gasteiger partial charge is 0.363 e. The third-order valence-corrected chi connectivity index (χ3v) is 6.52. The van der Waals surface area contributed by atoms with Gasteiger partial charge in [-0.25, -0.2) is 0 Å². The molecule has 0 aliphatic rings. The van der Waals surface area contributed by atoms with Crippen LogP contribution in [-0.4, -0.2) is 29.9 Å². The van der Waals surface area contributed by atoms with Gasteiger partial charge in [-0.3, -0.25) is 20.1 Å². The van der Waals surface area contributed by atoms with Crippen molar-refractivity contribution in [3.05, 3.63) is 105 Å². The SMILES string of the molecule is C=NCc1ccc[nH]1.C=Nc1sc(C)cc1CNCCCc1ccc(-c2ccc([N+](=O)[O-])cc2)cc1. The summed E-state index contributed by atoms with van der Waals surface area (Å²) < 4.78 is 0. The third-order valence-electron chi connectivity index (χ3n) is 5.50. The van der Waals surface area contributed by atoms with Crippen molar-refractivity contribution < 1.29 is 4.92 Å². The van der Waals surface area contributed by atoms with Gasteiger partial charge in [0.05, 0.1) is 11.5 Å². The van der Waals surface area contributed by atoms with Gasteiger partial charge in [-0.05, 0) is 86.8 Å². The Bertz CT molecular complexity index is 1250. The van der Waals surface area contributed by atoms with Crippen LogP contribution in [-0.2, 0) is 19.5 Å². The molecular weight excluding hydrogens is 470 g/mol. The summed E-state index contributed by atoms with van der Waals surface area (Å²) in [6.45, 7) is 11.5. The first-order valence-corrected chi connectivity index (χ1v) is 12.5. The van der Waals surface area contributed by atoms with Crippen LogP contribution in [0.5, 0.6) is 0 Å². The molecular formula is C28H31N5O2S. The number of nitrogens with zero attached hydrogens (tertiary/aromatic N) is 3. The highest BCUT2D eigenvalue weighted by molar-refractivity contribution is 7.15. The Kier molecular flexibility index (Phi) is 10.3. The van der Waals surface area contributed by atoms with Gasteiger partial charge in [0.15, 0.2) is 0 Å². The second-order valence-corrected chi connectivity index (χ2v) is 9.44. The van der Waals surface area contributed by atoms with Crippen molar-refractivity contribution in [2.75, 3.05) is 6.54 Å². The van der Waals surface area contributed by atoms with E-state index in [1.807, 2.05) is 18.3 Å². The molecule has 8 heteroatoms. The summed E-state index contributed by atoms with van der Waals surface area (Å²) in [5, 5.41) is 15.2. The van der Waals surface area contributed by atoms with Gasteiger partial charge in [0, 0.05) is 41.0 Å². The number of aliphatic imine (C=N–C) groups is 2. The van der Waals surface area contributed by atoms with E-state index < -0.39 is 0 Å². The van der Waals surface area contributed by atoms with Crippen molar-refractivity contribution in [3.63, 3.8) is 0 Å². The normalized spacial score (nSPS) is 10.4. The average molecular weight is 502 g/mol. The van der Waals surface area contributed by atoms with Crippen molar-refractivity contribution in [1.29, 1.82) is 0 Å². The summed E-state index contributed by atoms with van der Waals surface area (Å²) in [4.78, 5) is 22.4. The topological polar surface area (TPSA) is 95.7 Å². The van der Waals surface area contributed by atoms with Gasteiger partial charge in [-0.2, -0.15) is 0 Å². The standard InChI is InChI=1S/C22H23N3O2S.C6H8N2/c1-16-14-20(22(23-2)28-16)15-24-13-3-4-17-5-7-18(8-6-17)19-9-11-21(12-10-19)25(26)27;1-7-5-6-3-2-4-8-6/h5-12,14,24H,2-4,13,15H2,1H3;2-4,8H,1,5H2. The first-order chi connectivity index (χ1) is 17.5. The average Bonchev–Trinajstić information content (AvgIpc) is 3.54. The van der Waals surface area contributed by atoms with Crippen LogP contribution in [0, 0.1) is 17.0 Å². The molecule has 2 aromatic carbocycles. The number of aryl methyl sites for hydroxylation is 2. The van der Waals surface area contributed by atoms with E-state index in [-0.39, 0.29) is 10.6 Å². The fourth-order valence-corrected chi connectivity index (χ4v) is 4.51. The Hall–Kier alpha value is -3.88. The second kappa shape index (κ2) is 13.9. The Morgan fingerprint density at radius 1 is 1.06 bits per heavy atom. The van der Waals surface area contributed by atoms with E-state index >= 15 is 0 Å². The van der Waals surface area contributed by atoms with Crippen LogP contribution in [0.3, 0.4) is 0 Å². The fraction of sp³-hybridized carbons (Fsp3) is 0.214. The molecule has 0 bridgehead atoms. The van der Waals surface area contributed by atoms with Gasteiger partial charge in [0.25, 0.3) is 5.69 Å². The van der Waals surface area contributed by atoms with E-state index in [1.165, 1.54) is 28.1 Å². The van der Waals surface area contributed by atoms with Crippen LogP contribution in [0.4, 0.5) is 10.7 Å². The molecule has 186 valence electrons. The number of H-pyrrole nitrogens is 1. The van der Waals surface area contributed by atoms with E-state index in [4.69, 9.17) is 0 Å². The molecule has 0 aliphatic carbocycles. The Morgan fingerprint density at radius 2 is 1.75 bits per heavy atom. The van der Waals surface area contributed by atoms with Crippen molar-refractivity contribution in [3.8, 4) is 11.1 Å². The van der Waals surface area contributed by atoms with Gasteiger partial charge in [-0.1, -0.05) is 24.3 Å². The number of nitro benzene ring substituents is 1. The maximum atomic E-state index is 10.7. The Morgan fingerprint density at radius 3 is 2.33 bits per heavy atom. The fourth-order valence-electron chi connectivity index (χ4n) is 3.68. The van der Waals surface area contributed by atoms with Gasteiger partial charge in [0.2, 0.25) is 0 Å². The minimum Gasteiger partial charge on any atom is -0.363 e. The van der Waals surface area contributed by atoms with E-state index in [0.29, 0.717) is 6.54 Å². The molecule has 2 heterocycles. The lowest BCUT2D eigenvalue weighted by atomic mass is 10.0. The highest BCUT2D eigenvalue weighted by Crippen LogP contribution is 2.29. The minimum atomic E-state index is -0.380. The van der Waals surface area contributed by atoms with Crippen LogP contribution in [0.1, 0.15) is 28.1 Å². The Labute approximate surface area is 215 Å². The number of hydrogen-bond donors (Lipinski definition) is 2. The lowest BCUT2D eigenvalue weighted by Crippen LogP contribution is -2.15. The number of thiophene rings is 1. The summed E-state index contributed by atoms with van der Waals surface area (Å²) >= 11 is 1.67. The molecule has 2 aromatic heterocycles. The predicted octanol–water partition coefficient (Wildman–Crippen LogP) is 6.90. The number of benzene rings is 2. The molecule has 2 N–H and O–H groups in total. The highest BCUT2D eigenvalue weighted by Gasteiger charge is 2.06. The maximum absolute atomic E-state index is 10.7. The molecule has 0 amide bonds. The molecule has 36 heavy (non-hydrogen) atoms. The first kappa shape index (κ1) is 26.7. The van der Waals surface area contributed by atoms with E-state index in [9.17, 15) is 10.1 Å². The van der Waals surface area contributed by atoms with Crippen molar-refractivity contribution in [2.24, 2.45) is 9.98 Å². The minimum absolute atomic E-state index is 0.112. The summed E-state index contributed by atoms with van der Waals surface area (Å²) in [5.74, 6) is 0. The summed E-state index contributed by atoms with van der Waals surface area (Å²) in [6.07, 6.45) is 3.93. The lowest BCUT2D eigenvalue weighted by molar-refractivity contribution is -0.384. The zero-order valence-corrected chi connectivity index (χ0v) is 21.3. The maximum Gasteiger partial charge on any atom is 0.269 e. The van der Waals surface area contributed by atoms with Gasteiger partial charge >= 0.3 is 0 Å². The van der Waals surface area contributed by atoms with Crippen LogP contribution in [0.15, 0.2) is 82.9 Å². The molecule has 0 spiro atoms.